The van der Waals surface area contributed by atoms with Crippen LogP contribution in [0.2, 0.25) is 0 Å². The third kappa shape index (κ3) is 4.82. The number of sulfonamides is 1. The highest BCUT2D eigenvalue weighted by Gasteiger charge is 2.27. The lowest BCUT2D eigenvalue weighted by atomic mass is 10.0. The molecule has 0 saturated carbocycles. The van der Waals surface area contributed by atoms with Crippen molar-refractivity contribution < 1.29 is 17.9 Å². The zero-order valence-corrected chi connectivity index (χ0v) is 16.6. The number of nitrogens with zero attached hydrogens (tertiary/aromatic N) is 1. The van der Waals surface area contributed by atoms with Gasteiger partial charge in [0.1, 0.15) is 5.75 Å². The fraction of sp³-hybridized carbons (Fsp3) is 0.350. The first-order chi connectivity index (χ1) is 13.4. The molecule has 2 amide bonds. The van der Waals surface area contributed by atoms with E-state index >= 15 is 0 Å². The molecule has 0 radical (unpaired) electrons. The molecule has 150 valence electrons. The number of benzene rings is 2. The minimum atomic E-state index is -3.76. The maximum atomic E-state index is 13.0. The molecule has 28 heavy (non-hydrogen) atoms. The van der Waals surface area contributed by atoms with Crippen LogP contribution in [0.5, 0.6) is 5.75 Å². The Balaban J connectivity index is 1.78. The number of carbonyl (C=O) groups is 1. The number of urea groups is 1. The number of carbonyl (C=O) groups excluding carboxylic acids is 1. The number of nitrogens with one attached hydrogen (secondary N) is 1. The van der Waals surface area contributed by atoms with Crippen LogP contribution in [0.3, 0.4) is 0 Å². The molecule has 1 saturated heterocycles. The number of nitrogens with two attached hydrogens (primary N) is 1. The molecular formula is C20H25N3O4S. The van der Waals surface area contributed by atoms with Crippen LogP contribution in [-0.4, -0.2) is 33.0 Å². The second-order valence-electron chi connectivity index (χ2n) is 6.83. The topological polar surface area (TPSA) is 102 Å². The van der Waals surface area contributed by atoms with Gasteiger partial charge in [0.05, 0.1) is 18.0 Å². The molecule has 7 nitrogen and oxygen atoms in total. The van der Waals surface area contributed by atoms with Gasteiger partial charge >= 0.3 is 6.03 Å². The smallest absolute Gasteiger partial charge is 0.322 e. The number of rotatable bonds is 4. The van der Waals surface area contributed by atoms with E-state index in [9.17, 15) is 13.2 Å². The Kier molecular flexibility index (Phi) is 6.21. The fourth-order valence-electron chi connectivity index (χ4n) is 3.45. The normalized spacial score (nSPS) is 17.6. The van der Waals surface area contributed by atoms with Gasteiger partial charge in [0.2, 0.25) is 10.0 Å². The summed E-state index contributed by atoms with van der Waals surface area (Å²) in [6, 6.07) is 13.4. The van der Waals surface area contributed by atoms with Gasteiger partial charge in [0.25, 0.3) is 0 Å². The van der Waals surface area contributed by atoms with Crippen molar-refractivity contribution >= 4 is 21.7 Å². The Morgan fingerprint density at radius 2 is 1.75 bits per heavy atom. The first kappa shape index (κ1) is 20.2. The van der Waals surface area contributed by atoms with Crippen molar-refractivity contribution in [2.75, 3.05) is 19.0 Å². The summed E-state index contributed by atoms with van der Waals surface area (Å²) in [5, 5.41) is 7.98. The number of hydrogen-bond donors (Lipinski definition) is 2. The summed E-state index contributed by atoms with van der Waals surface area (Å²) in [5.74, 6) is 0.781. The Morgan fingerprint density at radius 3 is 2.36 bits per heavy atom. The van der Waals surface area contributed by atoms with Gasteiger partial charge in [-0.1, -0.05) is 25.0 Å². The minimum absolute atomic E-state index is 0.0105. The maximum absolute atomic E-state index is 13.0. The number of amides is 2. The van der Waals surface area contributed by atoms with Crippen molar-refractivity contribution in [1.29, 1.82) is 0 Å². The molecule has 1 aliphatic rings. The van der Waals surface area contributed by atoms with Crippen molar-refractivity contribution in [2.45, 2.75) is 36.6 Å². The lowest BCUT2D eigenvalue weighted by Gasteiger charge is -2.30. The van der Waals surface area contributed by atoms with E-state index in [1.807, 2.05) is 29.2 Å². The van der Waals surface area contributed by atoms with Crippen molar-refractivity contribution in [2.24, 2.45) is 5.14 Å². The Bertz CT molecular complexity index is 911. The molecule has 0 bridgehead atoms. The molecule has 1 aliphatic heterocycles. The lowest BCUT2D eigenvalue weighted by molar-refractivity contribution is 0.189. The second kappa shape index (κ2) is 8.62. The fourth-order valence-corrected chi connectivity index (χ4v) is 3.96. The summed E-state index contributed by atoms with van der Waals surface area (Å²) < 4.78 is 28.0. The lowest BCUT2D eigenvalue weighted by Crippen LogP contribution is -2.38. The van der Waals surface area contributed by atoms with E-state index < -0.39 is 10.0 Å². The summed E-state index contributed by atoms with van der Waals surface area (Å²) >= 11 is 0. The van der Waals surface area contributed by atoms with Crippen LogP contribution in [0, 0.1) is 0 Å². The first-order valence-corrected chi connectivity index (χ1v) is 10.8. The first-order valence-electron chi connectivity index (χ1n) is 9.23. The highest BCUT2D eigenvalue weighted by Crippen LogP contribution is 2.31. The number of likely N-dealkylation sites (tertiary alicyclic amines) is 1. The molecule has 3 N–H and O–H groups in total. The largest absolute Gasteiger partial charge is 0.497 e. The number of hydrogen-bond acceptors (Lipinski definition) is 4. The van der Waals surface area contributed by atoms with E-state index in [2.05, 4.69) is 5.32 Å². The van der Waals surface area contributed by atoms with Crippen molar-refractivity contribution in [3.05, 3.63) is 54.1 Å². The third-order valence-corrected chi connectivity index (χ3v) is 5.88. The van der Waals surface area contributed by atoms with Gasteiger partial charge < -0.3 is 15.0 Å². The van der Waals surface area contributed by atoms with Crippen molar-refractivity contribution in [3.8, 4) is 5.75 Å². The summed E-state index contributed by atoms with van der Waals surface area (Å²) in [6.45, 7) is 0.664. The summed E-state index contributed by atoms with van der Waals surface area (Å²) in [5.41, 5.74) is 1.59. The summed E-state index contributed by atoms with van der Waals surface area (Å²) in [7, 11) is -2.13. The molecule has 1 heterocycles. The van der Waals surface area contributed by atoms with Crippen LogP contribution in [0.1, 0.15) is 37.3 Å². The highest BCUT2D eigenvalue weighted by molar-refractivity contribution is 7.89. The quantitative estimate of drug-likeness (QED) is 0.816. The molecule has 1 atom stereocenters. The molecule has 0 spiro atoms. The summed E-state index contributed by atoms with van der Waals surface area (Å²) in [4.78, 5) is 14.8. The van der Waals surface area contributed by atoms with E-state index in [-0.39, 0.29) is 17.0 Å². The standard InChI is InChI=1S/C20H25N3O4S/c1-27-17-10-6-15(7-11-17)19-5-3-2-4-14-23(19)20(24)22-16-8-12-18(13-9-16)28(21,25)26/h6-13,19H,2-5,14H2,1H3,(H,22,24)(H2,21,25,26). The number of ether oxygens (including phenoxy) is 1. The molecule has 8 heteroatoms. The minimum Gasteiger partial charge on any atom is -0.497 e. The number of primary sulfonamides is 1. The van der Waals surface area contributed by atoms with E-state index in [0.717, 1.165) is 37.0 Å². The molecule has 3 rings (SSSR count). The average Bonchev–Trinajstić information content (AvgIpc) is 2.94. The Hall–Kier alpha value is -2.58. The average molecular weight is 404 g/mol. The molecule has 0 aliphatic carbocycles. The van der Waals surface area contributed by atoms with Crippen LogP contribution in [0.4, 0.5) is 10.5 Å². The maximum Gasteiger partial charge on any atom is 0.322 e. The highest BCUT2D eigenvalue weighted by atomic mass is 32.2. The van der Waals surface area contributed by atoms with Gasteiger partial charge in [-0.3, -0.25) is 0 Å². The number of anilines is 1. The SMILES string of the molecule is COc1ccc(C2CCCCCN2C(=O)Nc2ccc(S(N)(=O)=O)cc2)cc1. The molecular weight excluding hydrogens is 378 g/mol. The van der Waals surface area contributed by atoms with Gasteiger partial charge in [0, 0.05) is 12.2 Å². The van der Waals surface area contributed by atoms with E-state index in [1.54, 1.807) is 7.11 Å². The van der Waals surface area contributed by atoms with Gasteiger partial charge in [-0.25, -0.2) is 18.4 Å². The molecule has 2 aromatic carbocycles. The van der Waals surface area contributed by atoms with Crippen LogP contribution < -0.4 is 15.2 Å². The third-order valence-electron chi connectivity index (χ3n) is 4.95. The molecule has 1 fully saturated rings. The van der Waals surface area contributed by atoms with E-state index in [4.69, 9.17) is 9.88 Å². The summed E-state index contributed by atoms with van der Waals surface area (Å²) in [6.07, 6.45) is 3.98. The zero-order chi connectivity index (χ0) is 20.1. The number of methoxy groups -OCH3 is 1. The van der Waals surface area contributed by atoms with Crippen LogP contribution in [0.15, 0.2) is 53.4 Å². The molecule has 1 unspecified atom stereocenters. The second-order valence-corrected chi connectivity index (χ2v) is 8.39. The van der Waals surface area contributed by atoms with Crippen molar-refractivity contribution in [1.82, 2.24) is 4.90 Å². The Labute approximate surface area is 165 Å². The van der Waals surface area contributed by atoms with Crippen LogP contribution >= 0.6 is 0 Å². The van der Waals surface area contributed by atoms with E-state index in [1.165, 1.54) is 24.3 Å². The van der Waals surface area contributed by atoms with Crippen LogP contribution in [-0.2, 0) is 10.0 Å². The molecule has 0 aromatic heterocycles. The predicted molar refractivity (Wildman–Crippen MR) is 108 cm³/mol. The molecule has 2 aromatic rings. The Morgan fingerprint density at radius 1 is 1.07 bits per heavy atom. The van der Waals surface area contributed by atoms with E-state index in [0.29, 0.717) is 12.2 Å². The van der Waals surface area contributed by atoms with Gasteiger partial charge in [-0.15, -0.1) is 0 Å². The zero-order valence-electron chi connectivity index (χ0n) is 15.8. The van der Waals surface area contributed by atoms with Crippen LogP contribution in [0.25, 0.3) is 0 Å². The monoisotopic (exact) mass is 403 g/mol. The van der Waals surface area contributed by atoms with Gasteiger partial charge in [0.15, 0.2) is 0 Å². The predicted octanol–water partition coefficient (Wildman–Crippen LogP) is 3.49. The van der Waals surface area contributed by atoms with Gasteiger partial charge in [-0.2, -0.15) is 0 Å². The van der Waals surface area contributed by atoms with Crippen molar-refractivity contribution in [3.63, 3.8) is 0 Å². The van der Waals surface area contributed by atoms with Gasteiger partial charge in [-0.05, 0) is 54.8 Å².